The molecule has 15 nitrogen and oxygen atoms in total. The summed E-state index contributed by atoms with van der Waals surface area (Å²) in [6.07, 6.45) is 6.29. The smallest absolute Gasteiger partial charge is 0.407 e. The second-order valence-corrected chi connectivity index (χ2v) is 13.7. The van der Waals surface area contributed by atoms with E-state index < -0.39 is 12.1 Å². The highest BCUT2D eigenvalue weighted by atomic mass is 17.2. The van der Waals surface area contributed by atoms with Crippen molar-refractivity contribution in [1.29, 1.82) is 0 Å². The number of H-pyrrole nitrogens is 2. The predicted molar refractivity (Wildman–Crippen MR) is 202 cm³/mol. The number of aromatic nitrogens is 4. The number of likely N-dealkylation sites (tertiary alicyclic amines) is 2. The minimum atomic E-state index is -0.693. The van der Waals surface area contributed by atoms with Crippen molar-refractivity contribution in [2.24, 2.45) is 11.0 Å². The highest BCUT2D eigenvalue weighted by Gasteiger charge is 2.38. The van der Waals surface area contributed by atoms with Gasteiger partial charge in [-0.05, 0) is 73.9 Å². The number of aromatic amines is 2. The maximum absolute atomic E-state index is 13.5. The van der Waals surface area contributed by atoms with Gasteiger partial charge in [0.05, 0.1) is 49.2 Å². The molecule has 0 aliphatic carbocycles. The third-order valence-corrected chi connectivity index (χ3v) is 9.68. The SMILES string of the molecule is CCCN(N=COOC)C(=O)N1CCC[C@H]1c1ncc(-c2ccc(C#Cc3ccc4nc([C@@H]5CCCN5C(=O)[C@@H](NC(=O)OC)C(C)C)[nH]c4c3)cc2)[nH]1. The van der Waals surface area contributed by atoms with Crippen molar-refractivity contribution >= 4 is 35.5 Å². The molecule has 2 fully saturated rings. The molecule has 4 heterocycles. The zero-order valence-corrected chi connectivity index (χ0v) is 31.3. The quantitative estimate of drug-likeness (QED) is 0.0563. The van der Waals surface area contributed by atoms with Crippen molar-refractivity contribution in [1.82, 2.24) is 40.1 Å². The number of carbonyl (C=O) groups is 3. The number of urea groups is 1. The van der Waals surface area contributed by atoms with Gasteiger partial charge in [0.1, 0.15) is 17.7 Å². The Morgan fingerprint density at radius 2 is 1.70 bits per heavy atom. The van der Waals surface area contributed by atoms with E-state index in [9.17, 15) is 14.4 Å². The Balaban J connectivity index is 1.12. The van der Waals surface area contributed by atoms with Crippen molar-refractivity contribution in [3.05, 3.63) is 71.4 Å². The highest BCUT2D eigenvalue weighted by molar-refractivity contribution is 5.86. The Kier molecular flexibility index (Phi) is 12.1. The van der Waals surface area contributed by atoms with E-state index >= 15 is 0 Å². The molecule has 0 bridgehead atoms. The summed E-state index contributed by atoms with van der Waals surface area (Å²) < 4.78 is 4.75. The average Bonchev–Trinajstić information content (AvgIpc) is 4.01. The first-order valence-corrected chi connectivity index (χ1v) is 18.3. The monoisotopic (exact) mass is 737 g/mol. The molecule has 15 heteroatoms. The summed E-state index contributed by atoms with van der Waals surface area (Å²) in [5, 5.41) is 8.20. The molecule has 0 spiro atoms. The van der Waals surface area contributed by atoms with Crippen molar-refractivity contribution in [3.63, 3.8) is 0 Å². The first-order chi connectivity index (χ1) is 26.2. The van der Waals surface area contributed by atoms with E-state index in [2.05, 4.69) is 42.1 Å². The summed E-state index contributed by atoms with van der Waals surface area (Å²) in [6, 6.07) is 12.4. The van der Waals surface area contributed by atoms with Gasteiger partial charge in [0.2, 0.25) is 12.3 Å². The number of nitrogens with one attached hydrogen (secondary N) is 3. The number of imidazole rings is 2. The fraction of sp³-hybridized carbons (Fsp3) is 0.436. The summed E-state index contributed by atoms with van der Waals surface area (Å²) in [5.74, 6) is 7.70. The van der Waals surface area contributed by atoms with Crippen LogP contribution in [0.15, 0.2) is 53.8 Å². The molecule has 54 heavy (non-hydrogen) atoms. The molecule has 2 aromatic heterocycles. The summed E-state index contributed by atoms with van der Waals surface area (Å²) in [5.41, 5.74) is 5.11. The van der Waals surface area contributed by atoms with Crippen LogP contribution in [0.4, 0.5) is 9.59 Å². The first kappa shape index (κ1) is 37.9. The first-order valence-electron chi connectivity index (χ1n) is 18.3. The molecular formula is C39H47N9O6. The molecule has 0 saturated carbocycles. The predicted octanol–water partition coefficient (Wildman–Crippen LogP) is 5.89. The second kappa shape index (κ2) is 17.3. The van der Waals surface area contributed by atoms with Gasteiger partial charge in [-0.25, -0.2) is 24.6 Å². The van der Waals surface area contributed by atoms with Gasteiger partial charge in [0, 0.05) is 30.8 Å². The minimum absolute atomic E-state index is 0.109. The van der Waals surface area contributed by atoms with E-state index in [1.165, 1.54) is 19.2 Å². The summed E-state index contributed by atoms with van der Waals surface area (Å²) >= 11 is 0. The van der Waals surface area contributed by atoms with E-state index in [-0.39, 0.29) is 29.9 Å². The number of hydrogen-bond acceptors (Lipinski definition) is 9. The number of carbonyl (C=O) groups excluding carboxylic acids is 3. The summed E-state index contributed by atoms with van der Waals surface area (Å²) in [4.78, 5) is 68.1. The molecule has 2 aromatic carbocycles. The van der Waals surface area contributed by atoms with Crippen LogP contribution >= 0.6 is 0 Å². The molecule has 3 N–H and O–H groups in total. The van der Waals surface area contributed by atoms with Crippen molar-refractivity contribution in [2.75, 3.05) is 33.9 Å². The number of alkyl carbamates (subject to hydrolysis) is 1. The number of hydrazone groups is 1. The van der Waals surface area contributed by atoms with Gasteiger partial charge in [-0.1, -0.05) is 44.7 Å². The van der Waals surface area contributed by atoms with Gasteiger partial charge in [-0.3, -0.25) is 4.79 Å². The standard InChI is InChI=1S/C39H47N9O6/c1-6-19-48(41-24-54-53-5)39(51)47-21-8-9-32(47)35-40-23-31(44-35)28-16-13-26(14-17-28)11-12-27-15-18-29-30(22-27)43-36(42-29)33-10-7-20-46(33)37(49)34(25(2)3)45-38(50)52-4/h13-18,22-25,32-34H,6-10,19-21H2,1-5H3,(H,40,44)(H,42,43)(H,45,50)/t32-,33-,34-/m0/s1. The van der Waals surface area contributed by atoms with Gasteiger partial charge in [0.25, 0.3) is 0 Å². The normalized spacial score (nSPS) is 17.5. The van der Waals surface area contributed by atoms with Crippen molar-refractivity contribution in [2.45, 2.75) is 71.0 Å². The fourth-order valence-electron chi connectivity index (χ4n) is 6.95. The lowest BCUT2D eigenvalue weighted by molar-refractivity contribution is -0.188. The highest BCUT2D eigenvalue weighted by Crippen LogP contribution is 2.34. The molecular weight excluding hydrogens is 690 g/mol. The van der Waals surface area contributed by atoms with Crippen LogP contribution in [0.25, 0.3) is 22.3 Å². The van der Waals surface area contributed by atoms with Crippen LogP contribution in [0.5, 0.6) is 0 Å². The van der Waals surface area contributed by atoms with E-state index in [1.54, 1.807) is 16.0 Å². The lowest BCUT2D eigenvalue weighted by atomic mass is 10.0. The lowest BCUT2D eigenvalue weighted by Gasteiger charge is -2.29. The van der Waals surface area contributed by atoms with Crippen LogP contribution in [0.3, 0.4) is 0 Å². The van der Waals surface area contributed by atoms with E-state index in [0.717, 1.165) is 77.7 Å². The molecule has 4 aromatic rings. The molecule has 2 saturated heterocycles. The number of rotatable bonds is 11. The molecule has 0 unspecified atom stereocenters. The second-order valence-electron chi connectivity index (χ2n) is 13.7. The number of fused-ring (bicyclic) bond motifs is 1. The van der Waals surface area contributed by atoms with Crippen molar-refractivity contribution in [3.8, 4) is 23.1 Å². The third-order valence-electron chi connectivity index (χ3n) is 9.68. The number of hydrogen-bond donors (Lipinski definition) is 3. The Bertz CT molecular complexity index is 2030. The molecule has 6 rings (SSSR count). The fourth-order valence-corrected chi connectivity index (χ4v) is 6.95. The Morgan fingerprint density at radius 3 is 2.41 bits per heavy atom. The molecule has 284 valence electrons. The van der Waals surface area contributed by atoms with Crippen LogP contribution in [0.2, 0.25) is 0 Å². The van der Waals surface area contributed by atoms with Gasteiger partial charge < -0.3 is 34.7 Å². The van der Waals surface area contributed by atoms with Crippen LogP contribution in [0.1, 0.15) is 87.7 Å². The van der Waals surface area contributed by atoms with E-state index in [4.69, 9.17) is 14.6 Å². The number of amides is 4. The Morgan fingerprint density at radius 1 is 1.00 bits per heavy atom. The van der Waals surface area contributed by atoms with Crippen LogP contribution in [-0.4, -0.2) is 99.1 Å². The maximum Gasteiger partial charge on any atom is 0.407 e. The Labute approximate surface area is 314 Å². The molecule has 4 amide bonds. The van der Waals surface area contributed by atoms with Gasteiger partial charge in [-0.2, -0.15) is 4.89 Å². The van der Waals surface area contributed by atoms with Crippen LogP contribution in [0, 0.1) is 17.8 Å². The Hall–Kier alpha value is -5.88. The summed E-state index contributed by atoms with van der Waals surface area (Å²) in [7, 11) is 2.66. The van der Waals surface area contributed by atoms with E-state index in [1.807, 2.05) is 63.2 Å². The molecule has 2 aliphatic rings. The lowest BCUT2D eigenvalue weighted by Crippen LogP contribution is -2.51. The maximum atomic E-state index is 13.5. The molecule has 0 radical (unpaired) electrons. The zero-order chi connectivity index (χ0) is 38.2. The average molecular weight is 738 g/mol. The largest absolute Gasteiger partial charge is 0.453 e. The summed E-state index contributed by atoms with van der Waals surface area (Å²) in [6.45, 7) is 7.42. The van der Waals surface area contributed by atoms with Gasteiger partial charge >= 0.3 is 12.1 Å². The van der Waals surface area contributed by atoms with Crippen molar-refractivity contribution < 1.29 is 28.9 Å². The van der Waals surface area contributed by atoms with Gasteiger partial charge in [0.15, 0.2) is 0 Å². The molecule has 3 atom stereocenters. The van der Waals surface area contributed by atoms with Crippen LogP contribution in [-0.2, 0) is 19.3 Å². The topological polar surface area (TPSA) is 170 Å². The third kappa shape index (κ3) is 8.50. The van der Waals surface area contributed by atoms with Crippen LogP contribution < -0.4 is 5.32 Å². The minimum Gasteiger partial charge on any atom is -0.453 e. The molecule has 2 aliphatic heterocycles. The number of methoxy groups -OCH3 is 1. The number of ether oxygens (including phenoxy) is 1. The number of nitrogens with zero attached hydrogens (tertiary/aromatic N) is 6. The zero-order valence-electron chi connectivity index (χ0n) is 31.3. The van der Waals surface area contributed by atoms with Gasteiger partial charge in [-0.15, -0.1) is 5.10 Å². The number of benzene rings is 2. The van der Waals surface area contributed by atoms with E-state index in [0.29, 0.717) is 25.5 Å².